The molecule has 1 aliphatic heterocycles. The maximum Gasteiger partial charge on any atom is 0.494 e. The van der Waals surface area contributed by atoms with Gasteiger partial charge in [0.25, 0.3) is 10.1 Å². The molecule has 0 aliphatic carbocycles. The van der Waals surface area contributed by atoms with Crippen LogP contribution in [0.5, 0.6) is 0 Å². The van der Waals surface area contributed by atoms with Gasteiger partial charge in [0, 0.05) is 0 Å². The summed E-state index contributed by atoms with van der Waals surface area (Å²) in [6.45, 7) is 9.29. The van der Waals surface area contributed by atoms with Crippen molar-refractivity contribution in [1.82, 2.24) is 0 Å². The predicted molar refractivity (Wildman–Crippen MR) is 104 cm³/mol. The molecule has 0 radical (unpaired) electrons. The topological polar surface area (TPSA) is 116 Å². The van der Waals surface area contributed by atoms with Crippen molar-refractivity contribution in [3.63, 3.8) is 0 Å². The summed E-state index contributed by atoms with van der Waals surface area (Å²) >= 11 is 0. The van der Waals surface area contributed by atoms with Gasteiger partial charge in [-0.3, -0.25) is 9.35 Å². The van der Waals surface area contributed by atoms with Crippen LogP contribution in [0.3, 0.4) is 0 Å². The van der Waals surface area contributed by atoms with Crippen molar-refractivity contribution in [2.75, 3.05) is 0 Å². The van der Waals surface area contributed by atoms with E-state index < -0.39 is 45.5 Å². The first-order chi connectivity index (χ1) is 12.2. The van der Waals surface area contributed by atoms with Gasteiger partial charge in [-0.1, -0.05) is 24.3 Å². The van der Waals surface area contributed by atoms with Crippen LogP contribution >= 0.6 is 0 Å². The molecule has 0 saturated carbocycles. The van der Waals surface area contributed by atoms with Gasteiger partial charge in [-0.05, 0) is 58.5 Å². The Bertz CT molecular complexity index is 775. The largest absolute Gasteiger partial charge is 0.494 e. The lowest BCUT2D eigenvalue weighted by molar-refractivity contribution is -0.119. The summed E-state index contributed by atoms with van der Waals surface area (Å²) < 4.78 is 43.4. The summed E-state index contributed by atoms with van der Waals surface area (Å²) in [6, 6.07) is 7.18. The van der Waals surface area contributed by atoms with E-state index in [0.717, 1.165) is 5.46 Å². The lowest BCUT2D eigenvalue weighted by Crippen LogP contribution is -2.41. The second-order valence-electron chi connectivity index (χ2n) is 8.11. The molecule has 1 amide bonds. The monoisotopic (exact) mass is 397 g/mol. The van der Waals surface area contributed by atoms with E-state index in [1.165, 1.54) is 6.92 Å². The molecule has 0 aromatic heterocycles. The molecule has 1 aromatic carbocycles. The fourth-order valence-electron chi connectivity index (χ4n) is 2.89. The van der Waals surface area contributed by atoms with Crippen molar-refractivity contribution in [3.05, 3.63) is 29.8 Å². The molecule has 2 atom stereocenters. The number of benzene rings is 1. The Kier molecular flexibility index (Phi) is 6.11. The lowest BCUT2D eigenvalue weighted by atomic mass is 9.78. The Balaban J connectivity index is 2.13. The fraction of sp³-hybridized carbons (Fsp3) is 0.611. The molecule has 27 heavy (non-hydrogen) atoms. The van der Waals surface area contributed by atoms with E-state index in [-0.39, 0.29) is 12.8 Å². The van der Waals surface area contributed by atoms with Crippen LogP contribution in [0, 0.1) is 0 Å². The van der Waals surface area contributed by atoms with E-state index in [2.05, 4.69) is 0 Å². The van der Waals surface area contributed by atoms with Crippen molar-refractivity contribution in [2.45, 2.75) is 69.8 Å². The Morgan fingerprint density at radius 2 is 1.59 bits per heavy atom. The third-order valence-electron chi connectivity index (χ3n) is 5.58. The van der Waals surface area contributed by atoms with Crippen molar-refractivity contribution in [1.29, 1.82) is 0 Å². The minimum atomic E-state index is -4.13. The maximum absolute atomic E-state index is 11.8. The Labute approximate surface area is 161 Å². The molecule has 1 aliphatic rings. The van der Waals surface area contributed by atoms with Crippen LogP contribution in [0.4, 0.5) is 0 Å². The number of carbonyl (C=O) groups is 1. The van der Waals surface area contributed by atoms with E-state index in [9.17, 15) is 13.2 Å². The van der Waals surface area contributed by atoms with Gasteiger partial charge in [0.1, 0.15) is 0 Å². The van der Waals surface area contributed by atoms with Crippen LogP contribution in [0.1, 0.15) is 58.9 Å². The molecule has 1 fully saturated rings. The van der Waals surface area contributed by atoms with Gasteiger partial charge >= 0.3 is 7.12 Å². The summed E-state index contributed by atoms with van der Waals surface area (Å²) in [7, 11) is -4.64. The highest BCUT2D eigenvalue weighted by Crippen LogP contribution is 2.36. The van der Waals surface area contributed by atoms with Gasteiger partial charge in [0.2, 0.25) is 5.91 Å². The molecule has 0 bridgehead atoms. The minimum Gasteiger partial charge on any atom is -0.399 e. The Hall–Kier alpha value is -1.42. The van der Waals surface area contributed by atoms with Crippen LogP contribution in [-0.2, 0) is 24.2 Å². The second kappa shape index (κ2) is 7.54. The average Bonchev–Trinajstić information content (AvgIpc) is 2.74. The predicted octanol–water partition coefficient (Wildman–Crippen LogP) is 1.61. The maximum atomic E-state index is 11.8. The quantitative estimate of drug-likeness (QED) is 0.534. The third-order valence-corrected chi connectivity index (χ3v) is 6.83. The minimum absolute atomic E-state index is 0.130. The van der Waals surface area contributed by atoms with Gasteiger partial charge in [-0.2, -0.15) is 8.42 Å². The molecule has 0 spiro atoms. The number of hydrogen-bond acceptors (Lipinski definition) is 5. The average molecular weight is 397 g/mol. The highest BCUT2D eigenvalue weighted by molar-refractivity contribution is 7.86. The van der Waals surface area contributed by atoms with Crippen LogP contribution in [0.25, 0.3) is 0 Å². The smallest absolute Gasteiger partial charge is 0.399 e. The van der Waals surface area contributed by atoms with E-state index in [1.54, 1.807) is 12.1 Å². The van der Waals surface area contributed by atoms with Crippen LogP contribution in [0.15, 0.2) is 24.3 Å². The summed E-state index contributed by atoms with van der Waals surface area (Å²) in [5.74, 6) is -1.18. The molecule has 150 valence electrons. The molecule has 1 unspecified atom stereocenters. The van der Waals surface area contributed by atoms with Crippen molar-refractivity contribution in [3.8, 4) is 0 Å². The van der Waals surface area contributed by atoms with Crippen LogP contribution in [-0.4, -0.2) is 42.4 Å². The number of primary amides is 1. The van der Waals surface area contributed by atoms with Crippen LogP contribution in [0.2, 0.25) is 0 Å². The number of rotatable bonds is 7. The highest BCUT2D eigenvalue weighted by Gasteiger charge is 2.51. The molecule has 2 rings (SSSR count). The first-order valence-electron chi connectivity index (χ1n) is 8.96. The van der Waals surface area contributed by atoms with Gasteiger partial charge in [0.05, 0.1) is 22.4 Å². The van der Waals surface area contributed by atoms with E-state index in [0.29, 0.717) is 5.56 Å². The normalized spacial score (nSPS) is 21.0. The summed E-state index contributed by atoms with van der Waals surface area (Å²) in [5.41, 5.74) is 6.11. The summed E-state index contributed by atoms with van der Waals surface area (Å²) in [6.07, 6.45) is 0.359. The first kappa shape index (κ1) is 21.9. The summed E-state index contributed by atoms with van der Waals surface area (Å²) in [5, 5.41) is -0.955. The molecule has 7 nitrogen and oxygen atoms in total. The zero-order chi connectivity index (χ0) is 20.6. The van der Waals surface area contributed by atoms with Gasteiger partial charge in [0.15, 0.2) is 0 Å². The van der Waals surface area contributed by atoms with Crippen molar-refractivity contribution in [2.24, 2.45) is 5.73 Å². The lowest BCUT2D eigenvalue weighted by Gasteiger charge is -2.32. The highest BCUT2D eigenvalue weighted by atomic mass is 32.2. The molecule has 9 heteroatoms. The number of nitrogens with two attached hydrogens (primary N) is 1. The van der Waals surface area contributed by atoms with Crippen molar-refractivity contribution >= 4 is 28.6 Å². The second-order valence-corrected chi connectivity index (χ2v) is 9.95. The van der Waals surface area contributed by atoms with Crippen LogP contribution < -0.4 is 11.2 Å². The molecule has 3 N–H and O–H groups in total. The molecule has 1 aromatic rings. The van der Waals surface area contributed by atoms with Crippen molar-refractivity contribution < 1.29 is 27.1 Å². The zero-order valence-electron chi connectivity index (χ0n) is 16.4. The van der Waals surface area contributed by atoms with E-state index in [1.807, 2.05) is 39.8 Å². The van der Waals surface area contributed by atoms with E-state index in [4.69, 9.17) is 19.6 Å². The molecule has 1 saturated heterocycles. The zero-order valence-corrected chi connectivity index (χ0v) is 17.2. The molecular weight excluding hydrogens is 369 g/mol. The Morgan fingerprint density at radius 1 is 1.11 bits per heavy atom. The SMILES string of the molecule is C[C@H](CCC(C(N)=O)c1ccc(B2OC(C)(C)C(C)(C)O2)cc1)S(=O)(=O)O. The fourth-order valence-corrected chi connectivity index (χ4v) is 3.32. The standard InChI is InChI=1S/C18H28BNO6S/c1-12(27(22,23)24)6-11-15(16(20)21)13-7-9-14(10-8-13)19-25-17(2,3)18(4,5)26-19/h7-10,12,15H,6,11H2,1-5H3,(H2,20,21)(H,22,23,24)/t12-,15?/m1/s1. The Morgan fingerprint density at radius 3 is 2.00 bits per heavy atom. The number of amides is 1. The van der Waals surface area contributed by atoms with Gasteiger partial charge < -0.3 is 15.0 Å². The first-order valence-corrected chi connectivity index (χ1v) is 10.5. The number of hydrogen-bond donors (Lipinski definition) is 2. The molecular formula is C18H28BNO6S. The molecule has 1 heterocycles. The third kappa shape index (κ3) is 4.90. The summed E-state index contributed by atoms with van der Waals surface area (Å²) in [4.78, 5) is 11.8. The number of carbonyl (C=O) groups excluding carboxylic acids is 1. The van der Waals surface area contributed by atoms with E-state index >= 15 is 0 Å². The van der Waals surface area contributed by atoms with Gasteiger partial charge in [-0.15, -0.1) is 0 Å². The van der Waals surface area contributed by atoms with Gasteiger partial charge in [-0.25, -0.2) is 0 Å².